The Morgan fingerprint density at radius 3 is 2.48 bits per heavy atom. The molecule has 0 aliphatic heterocycles. The van der Waals surface area contributed by atoms with Crippen LogP contribution in [0.5, 0.6) is 0 Å². The third-order valence-corrected chi connectivity index (χ3v) is 3.16. The minimum atomic E-state index is -0.0134. The first-order chi connectivity index (χ1) is 9.61. The van der Waals surface area contributed by atoms with Crippen LogP contribution in [0.2, 0.25) is 0 Å². The molecule has 1 unspecified atom stereocenters. The van der Waals surface area contributed by atoms with E-state index in [1.807, 2.05) is 30.3 Å². The largest absolute Gasteiger partial charge is 0.396 e. The number of aliphatic hydroxyl groups is 1. The standard InChI is InChI=1S/C16H26N2O2.ClH/c1-13(2)10-14(8-9-19)11-18-16(20)12-17-15-6-4-3-5-7-15;/h3-7,13-14,17,19H,8-12H2,1-2H3,(H,18,20);1H. The van der Waals surface area contributed by atoms with Crippen molar-refractivity contribution in [2.24, 2.45) is 11.8 Å². The molecule has 0 aromatic heterocycles. The summed E-state index contributed by atoms with van der Waals surface area (Å²) in [6.45, 7) is 5.40. The van der Waals surface area contributed by atoms with Crippen molar-refractivity contribution in [1.29, 1.82) is 0 Å². The summed E-state index contributed by atoms with van der Waals surface area (Å²) in [5.74, 6) is 0.909. The normalized spacial score (nSPS) is 11.6. The highest BCUT2D eigenvalue weighted by atomic mass is 35.5. The van der Waals surface area contributed by atoms with Crippen molar-refractivity contribution in [1.82, 2.24) is 5.32 Å². The number of anilines is 1. The third kappa shape index (κ3) is 9.32. The molecule has 0 spiro atoms. The van der Waals surface area contributed by atoms with Crippen molar-refractivity contribution in [2.75, 3.05) is 25.0 Å². The van der Waals surface area contributed by atoms with Gasteiger partial charge in [0.25, 0.3) is 0 Å². The highest BCUT2D eigenvalue weighted by molar-refractivity contribution is 5.85. The molecule has 0 aliphatic rings. The molecule has 0 saturated heterocycles. The van der Waals surface area contributed by atoms with Crippen molar-refractivity contribution < 1.29 is 9.90 Å². The van der Waals surface area contributed by atoms with Crippen LogP contribution in [0.15, 0.2) is 30.3 Å². The molecule has 1 rings (SSSR count). The van der Waals surface area contributed by atoms with Crippen molar-refractivity contribution in [3.05, 3.63) is 30.3 Å². The van der Waals surface area contributed by atoms with Crippen molar-refractivity contribution in [2.45, 2.75) is 26.7 Å². The molecule has 21 heavy (non-hydrogen) atoms. The van der Waals surface area contributed by atoms with E-state index in [2.05, 4.69) is 24.5 Å². The Morgan fingerprint density at radius 1 is 1.24 bits per heavy atom. The maximum atomic E-state index is 11.8. The highest BCUT2D eigenvalue weighted by Crippen LogP contribution is 2.14. The first-order valence-electron chi connectivity index (χ1n) is 7.28. The Labute approximate surface area is 133 Å². The SMILES string of the molecule is CC(C)CC(CCO)CNC(=O)CNc1ccccc1.Cl. The zero-order chi connectivity index (χ0) is 14.8. The van der Waals surface area contributed by atoms with E-state index < -0.39 is 0 Å². The van der Waals surface area contributed by atoms with Crippen LogP contribution in [0.25, 0.3) is 0 Å². The molecule has 0 heterocycles. The highest BCUT2D eigenvalue weighted by Gasteiger charge is 2.12. The predicted molar refractivity (Wildman–Crippen MR) is 89.8 cm³/mol. The molecule has 1 aromatic rings. The summed E-state index contributed by atoms with van der Waals surface area (Å²) in [4.78, 5) is 11.8. The average Bonchev–Trinajstić information content (AvgIpc) is 2.43. The average molecular weight is 315 g/mol. The van der Waals surface area contributed by atoms with Gasteiger partial charge in [-0.2, -0.15) is 0 Å². The summed E-state index contributed by atoms with van der Waals surface area (Å²) in [7, 11) is 0. The first-order valence-corrected chi connectivity index (χ1v) is 7.28. The molecule has 0 radical (unpaired) electrons. The number of carbonyl (C=O) groups excluding carboxylic acids is 1. The molecule has 1 aromatic carbocycles. The summed E-state index contributed by atoms with van der Waals surface area (Å²) in [6, 6.07) is 9.66. The molecule has 1 atom stereocenters. The zero-order valence-electron chi connectivity index (χ0n) is 12.8. The maximum Gasteiger partial charge on any atom is 0.239 e. The summed E-state index contributed by atoms with van der Waals surface area (Å²) in [6.07, 6.45) is 1.76. The smallest absolute Gasteiger partial charge is 0.239 e. The van der Waals surface area contributed by atoms with Gasteiger partial charge in [-0.1, -0.05) is 32.0 Å². The van der Waals surface area contributed by atoms with E-state index in [9.17, 15) is 4.79 Å². The number of amides is 1. The van der Waals surface area contributed by atoms with Gasteiger partial charge in [0.05, 0.1) is 6.54 Å². The molecule has 0 bridgehead atoms. The second-order valence-electron chi connectivity index (χ2n) is 5.53. The van der Waals surface area contributed by atoms with E-state index in [-0.39, 0.29) is 31.5 Å². The van der Waals surface area contributed by atoms with Crippen LogP contribution in [0.3, 0.4) is 0 Å². The summed E-state index contributed by atoms with van der Waals surface area (Å²) >= 11 is 0. The molecule has 0 saturated carbocycles. The molecule has 1 amide bonds. The van der Waals surface area contributed by atoms with Crippen LogP contribution < -0.4 is 10.6 Å². The molecule has 120 valence electrons. The van der Waals surface area contributed by atoms with Gasteiger partial charge in [0.2, 0.25) is 5.91 Å². The number of hydrogen-bond acceptors (Lipinski definition) is 3. The first kappa shape index (κ1) is 19.7. The summed E-state index contributed by atoms with van der Waals surface area (Å²) in [5.41, 5.74) is 0.941. The zero-order valence-corrected chi connectivity index (χ0v) is 13.7. The Balaban J connectivity index is 0.00000400. The molecule has 3 N–H and O–H groups in total. The number of aliphatic hydroxyl groups excluding tert-OH is 1. The second kappa shape index (κ2) is 11.4. The van der Waals surface area contributed by atoms with Crippen LogP contribution in [0.1, 0.15) is 26.7 Å². The van der Waals surface area contributed by atoms with E-state index in [0.717, 1.165) is 18.5 Å². The number of halogens is 1. The summed E-state index contributed by atoms with van der Waals surface area (Å²) in [5, 5.41) is 15.1. The molecule has 0 aliphatic carbocycles. The van der Waals surface area contributed by atoms with Crippen LogP contribution in [0.4, 0.5) is 5.69 Å². The van der Waals surface area contributed by atoms with Gasteiger partial charge in [0, 0.05) is 18.8 Å². The lowest BCUT2D eigenvalue weighted by molar-refractivity contribution is -0.119. The van der Waals surface area contributed by atoms with Crippen LogP contribution in [0, 0.1) is 11.8 Å². The lowest BCUT2D eigenvalue weighted by Crippen LogP contribution is -2.34. The third-order valence-electron chi connectivity index (χ3n) is 3.16. The van der Waals surface area contributed by atoms with Gasteiger partial charge in [-0.3, -0.25) is 4.79 Å². The van der Waals surface area contributed by atoms with Gasteiger partial charge in [0.15, 0.2) is 0 Å². The van der Waals surface area contributed by atoms with Crippen LogP contribution >= 0.6 is 12.4 Å². The Kier molecular flexibility index (Phi) is 10.7. The molecule has 0 fully saturated rings. The molecular weight excluding hydrogens is 288 g/mol. The quantitative estimate of drug-likeness (QED) is 0.657. The van der Waals surface area contributed by atoms with Crippen LogP contribution in [-0.4, -0.2) is 30.7 Å². The van der Waals surface area contributed by atoms with Gasteiger partial charge in [-0.25, -0.2) is 0 Å². The van der Waals surface area contributed by atoms with E-state index >= 15 is 0 Å². The summed E-state index contributed by atoms with van der Waals surface area (Å²) < 4.78 is 0. The Bertz CT molecular complexity index is 385. The number of hydrogen-bond donors (Lipinski definition) is 3. The minimum Gasteiger partial charge on any atom is -0.396 e. The Morgan fingerprint density at radius 2 is 1.90 bits per heavy atom. The lowest BCUT2D eigenvalue weighted by atomic mass is 9.94. The van der Waals surface area contributed by atoms with E-state index in [4.69, 9.17) is 5.11 Å². The fourth-order valence-corrected chi connectivity index (χ4v) is 2.21. The maximum absolute atomic E-state index is 11.8. The van der Waals surface area contributed by atoms with E-state index in [1.54, 1.807) is 0 Å². The predicted octanol–water partition coefficient (Wildman–Crippen LogP) is 2.68. The second-order valence-corrected chi connectivity index (χ2v) is 5.53. The van der Waals surface area contributed by atoms with Gasteiger partial charge in [-0.05, 0) is 36.8 Å². The van der Waals surface area contributed by atoms with Crippen molar-refractivity contribution in [3.8, 4) is 0 Å². The fourth-order valence-electron chi connectivity index (χ4n) is 2.21. The van der Waals surface area contributed by atoms with Gasteiger partial charge in [-0.15, -0.1) is 12.4 Å². The topological polar surface area (TPSA) is 61.4 Å². The fraction of sp³-hybridized carbons (Fsp3) is 0.562. The van der Waals surface area contributed by atoms with Crippen molar-refractivity contribution in [3.63, 3.8) is 0 Å². The molecular formula is C16H27ClN2O2. The number of benzene rings is 1. The number of carbonyl (C=O) groups is 1. The minimum absolute atomic E-state index is 0. The molecule has 4 nitrogen and oxygen atoms in total. The van der Waals surface area contributed by atoms with Crippen LogP contribution in [-0.2, 0) is 4.79 Å². The number of nitrogens with one attached hydrogen (secondary N) is 2. The van der Waals surface area contributed by atoms with Crippen molar-refractivity contribution >= 4 is 24.0 Å². The van der Waals surface area contributed by atoms with Gasteiger partial charge >= 0.3 is 0 Å². The number of para-hydroxylation sites is 1. The van der Waals surface area contributed by atoms with Gasteiger partial charge in [0.1, 0.15) is 0 Å². The monoisotopic (exact) mass is 314 g/mol. The van der Waals surface area contributed by atoms with E-state index in [0.29, 0.717) is 18.4 Å². The van der Waals surface area contributed by atoms with E-state index in [1.165, 1.54) is 0 Å². The van der Waals surface area contributed by atoms with Gasteiger partial charge < -0.3 is 15.7 Å². The molecule has 5 heteroatoms. The lowest BCUT2D eigenvalue weighted by Gasteiger charge is -2.18. The number of rotatable bonds is 9. The Hall–Kier alpha value is -1.26.